The average Bonchev–Trinajstić information content (AvgIpc) is 3.28. The molecular formula is C24H29N3O2S. The van der Waals surface area contributed by atoms with Gasteiger partial charge in [0.25, 0.3) is 0 Å². The number of fused-ring (bicyclic) bond motifs is 3. The van der Waals surface area contributed by atoms with Crippen LogP contribution in [0.4, 0.5) is 0 Å². The van der Waals surface area contributed by atoms with E-state index >= 15 is 0 Å². The van der Waals surface area contributed by atoms with Gasteiger partial charge in [0.2, 0.25) is 0 Å². The van der Waals surface area contributed by atoms with Crippen LogP contribution >= 0.6 is 11.3 Å². The quantitative estimate of drug-likeness (QED) is 0.577. The lowest BCUT2D eigenvalue weighted by Crippen LogP contribution is -2.51. The van der Waals surface area contributed by atoms with Crippen LogP contribution in [0.2, 0.25) is 0 Å². The Morgan fingerprint density at radius 1 is 1.07 bits per heavy atom. The normalized spacial score (nSPS) is 24.9. The molecule has 0 amide bonds. The van der Waals surface area contributed by atoms with E-state index in [0.717, 1.165) is 30.7 Å². The van der Waals surface area contributed by atoms with E-state index in [2.05, 4.69) is 28.4 Å². The van der Waals surface area contributed by atoms with Gasteiger partial charge in [-0.15, -0.1) is 11.3 Å². The van der Waals surface area contributed by atoms with Crippen LogP contribution in [0.25, 0.3) is 10.2 Å². The standard InChI is InChI=1S/C24H29N3O2S/c28-20(16-29-21-6-2-1-3-7-21)15-27-18-10-11-19(27)13-17(12-18)25-14-24-26-22-8-4-5-9-23(22)30-24/h1-9,17-20,25,28H,10-16H2. The van der Waals surface area contributed by atoms with Gasteiger partial charge in [-0.05, 0) is 49.9 Å². The molecule has 2 bridgehead atoms. The van der Waals surface area contributed by atoms with E-state index in [4.69, 9.17) is 9.72 Å². The summed E-state index contributed by atoms with van der Waals surface area (Å²) in [5.74, 6) is 0.817. The number of aromatic nitrogens is 1. The number of ether oxygens (including phenoxy) is 1. The van der Waals surface area contributed by atoms with Gasteiger partial charge in [0, 0.05) is 31.2 Å². The molecule has 5 rings (SSSR count). The molecule has 2 aliphatic rings. The van der Waals surface area contributed by atoms with Crippen molar-refractivity contribution in [1.29, 1.82) is 0 Å². The fourth-order valence-corrected chi connectivity index (χ4v) is 5.89. The molecule has 3 heterocycles. The molecule has 30 heavy (non-hydrogen) atoms. The number of nitrogens with zero attached hydrogens (tertiary/aromatic N) is 2. The summed E-state index contributed by atoms with van der Waals surface area (Å²) in [5, 5.41) is 15.4. The Bertz CT molecular complexity index is 916. The Balaban J connectivity index is 1.11. The second-order valence-electron chi connectivity index (χ2n) is 8.48. The summed E-state index contributed by atoms with van der Waals surface area (Å²) in [4.78, 5) is 7.27. The van der Waals surface area contributed by atoms with Gasteiger partial charge in [-0.1, -0.05) is 30.3 Å². The van der Waals surface area contributed by atoms with Gasteiger partial charge in [0.15, 0.2) is 0 Å². The molecule has 6 heteroatoms. The van der Waals surface area contributed by atoms with Crippen LogP contribution in [0.1, 0.15) is 30.7 Å². The highest BCUT2D eigenvalue weighted by molar-refractivity contribution is 7.18. The third kappa shape index (κ3) is 4.52. The number of aliphatic hydroxyl groups is 1. The topological polar surface area (TPSA) is 57.6 Å². The van der Waals surface area contributed by atoms with E-state index in [0.29, 0.717) is 31.3 Å². The van der Waals surface area contributed by atoms with Crippen LogP contribution < -0.4 is 10.1 Å². The van der Waals surface area contributed by atoms with Crippen LogP contribution in [0.3, 0.4) is 0 Å². The van der Waals surface area contributed by atoms with Crippen LogP contribution in [0, 0.1) is 0 Å². The van der Waals surface area contributed by atoms with Crippen LogP contribution in [0.15, 0.2) is 54.6 Å². The molecule has 0 saturated carbocycles. The van der Waals surface area contributed by atoms with Crippen molar-refractivity contribution in [3.05, 3.63) is 59.6 Å². The largest absolute Gasteiger partial charge is 0.491 e. The summed E-state index contributed by atoms with van der Waals surface area (Å²) in [7, 11) is 0. The molecular weight excluding hydrogens is 394 g/mol. The maximum Gasteiger partial charge on any atom is 0.119 e. The van der Waals surface area contributed by atoms with Crippen molar-refractivity contribution in [3.63, 3.8) is 0 Å². The molecule has 2 fully saturated rings. The lowest BCUT2D eigenvalue weighted by atomic mass is 9.97. The zero-order valence-corrected chi connectivity index (χ0v) is 17.9. The number of para-hydroxylation sites is 2. The van der Waals surface area contributed by atoms with Gasteiger partial charge < -0.3 is 15.2 Å². The summed E-state index contributed by atoms with van der Waals surface area (Å²) < 4.78 is 7.00. The highest BCUT2D eigenvalue weighted by Crippen LogP contribution is 2.36. The maximum absolute atomic E-state index is 10.5. The van der Waals surface area contributed by atoms with Gasteiger partial charge >= 0.3 is 0 Å². The minimum atomic E-state index is -0.458. The van der Waals surface area contributed by atoms with Crippen LogP contribution in [-0.2, 0) is 6.54 Å². The van der Waals surface area contributed by atoms with Gasteiger partial charge in [0.05, 0.1) is 10.2 Å². The number of benzene rings is 2. The van der Waals surface area contributed by atoms with Crippen molar-refractivity contribution >= 4 is 21.6 Å². The van der Waals surface area contributed by atoms with Crippen molar-refractivity contribution in [1.82, 2.24) is 15.2 Å². The first-order valence-corrected chi connectivity index (χ1v) is 11.8. The number of thiazole rings is 1. The molecule has 2 aromatic carbocycles. The van der Waals surface area contributed by atoms with Gasteiger partial charge in [-0.25, -0.2) is 4.98 Å². The van der Waals surface area contributed by atoms with Crippen LogP contribution in [0.5, 0.6) is 5.75 Å². The summed E-state index contributed by atoms with van der Waals surface area (Å²) in [6, 6.07) is 19.7. The first-order chi connectivity index (χ1) is 14.7. The number of hydrogen-bond donors (Lipinski definition) is 2. The second kappa shape index (κ2) is 9.02. The average molecular weight is 424 g/mol. The van der Waals surface area contributed by atoms with Crippen molar-refractivity contribution < 1.29 is 9.84 Å². The molecule has 0 aliphatic carbocycles. The zero-order valence-electron chi connectivity index (χ0n) is 17.1. The van der Waals surface area contributed by atoms with Crippen molar-refractivity contribution in [3.8, 4) is 5.75 Å². The molecule has 2 aliphatic heterocycles. The van der Waals surface area contributed by atoms with Crippen molar-refractivity contribution in [2.45, 2.75) is 56.5 Å². The van der Waals surface area contributed by atoms with Crippen LogP contribution in [-0.4, -0.2) is 52.4 Å². The van der Waals surface area contributed by atoms with Gasteiger partial charge in [-0.2, -0.15) is 0 Å². The molecule has 2 saturated heterocycles. The molecule has 3 atom stereocenters. The summed E-state index contributed by atoms with van der Waals surface area (Å²) in [6.45, 7) is 1.89. The van der Waals surface area contributed by atoms with E-state index in [1.807, 2.05) is 36.4 Å². The molecule has 3 unspecified atom stereocenters. The molecule has 2 N–H and O–H groups in total. The predicted octanol–water partition coefficient (Wildman–Crippen LogP) is 3.82. The third-order valence-corrected chi connectivity index (χ3v) is 7.41. The lowest BCUT2D eigenvalue weighted by molar-refractivity contribution is 0.0291. The van der Waals surface area contributed by atoms with E-state index in [1.54, 1.807) is 11.3 Å². The maximum atomic E-state index is 10.5. The number of hydrogen-bond acceptors (Lipinski definition) is 6. The second-order valence-corrected chi connectivity index (χ2v) is 9.60. The highest BCUT2D eigenvalue weighted by atomic mass is 32.1. The number of aliphatic hydroxyl groups excluding tert-OH is 1. The van der Waals surface area contributed by atoms with E-state index in [9.17, 15) is 5.11 Å². The Kier molecular flexibility index (Phi) is 6.00. The monoisotopic (exact) mass is 423 g/mol. The Morgan fingerprint density at radius 2 is 1.80 bits per heavy atom. The lowest BCUT2D eigenvalue weighted by Gasteiger charge is -2.40. The Hall–Kier alpha value is -1.99. The Labute approximate surface area is 181 Å². The first kappa shape index (κ1) is 19.9. The molecule has 3 aromatic rings. The van der Waals surface area contributed by atoms with Gasteiger partial charge in [-0.3, -0.25) is 4.90 Å². The summed E-state index contributed by atoms with van der Waals surface area (Å²) in [5.41, 5.74) is 1.10. The SMILES string of the molecule is OC(COc1ccccc1)CN1C2CCC1CC(NCc1nc3ccccc3s1)C2. The third-order valence-electron chi connectivity index (χ3n) is 6.37. The fourth-order valence-electron chi connectivity index (χ4n) is 4.97. The highest BCUT2D eigenvalue weighted by Gasteiger charge is 2.41. The van der Waals surface area contributed by atoms with E-state index in [-0.39, 0.29) is 0 Å². The summed E-state index contributed by atoms with van der Waals surface area (Å²) >= 11 is 1.78. The first-order valence-electron chi connectivity index (χ1n) is 10.9. The van der Waals surface area contributed by atoms with Gasteiger partial charge in [0.1, 0.15) is 23.5 Å². The molecule has 1 aromatic heterocycles. The minimum absolute atomic E-state index is 0.346. The smallest absolute Gasteiger partial charge is 0.119 e. The molecule has 0 radical (unpaired) electrons. The number of piperidine rings is 1. The summed E-state index contributed by atoms with van der Waals surface area (Å²) in [6.07, 6.45) is 4.30. The fraction of sp³-hybridized carbons (Fsp3) is 0.458. The molecule has 0 spiro atoms. The van der Waals surface area contributed by atoms with E-state index in [1.165, 1.54) is 22.5 Å². The van der Waals surface area contributed by atoms with Crippen molar-refractivity contribution in [2.24, 2.45) is 0 Å². The number of nitrogens with one attached hydrogen (secondary N) is 1. The predicted molar refractivity (Wildman–Crippen MR) is 121 cm³/mol. The van der Waals surface area contributed by atoms with Crippen molar-refractivity contribution in [2.75, 3.05) is 13.2 Å². The van der Waals surface area contributed by atoms with E-state index < -0.39 is 6.10 Å². The molecule has 158 valence electrons. The molecule has 5 nitrogen and oxygen atoms in total. The zero-order chi connectivity index (χ0) is 20.3. The Morgan fingerprint density at radius 3 is 2.57 bits per heavy atom. The number of rotatable bonds is 8. The minimum Gasteiger partial charge on any atom is -0.491 e.